The summed E-state index contributed by atoms with van der Waals surface area (Å²) >= 11 is 7.51. The van der Waals surface area contributed by atoms with E-state index in [4.69, 9.17) is 25.8 Å². The van der Waals surface area contributed by atoms with Gasteiger partial charge in [-0.3, -0.25) is 14.4 Å². The van der Waals surface area contributed by atoms with Crippen molar-refractivity contribution in [1.82, 2.24) is 10.6 Å². The fraction of sp³-hybridized carbons (Fsp3) is 0.261. The molecule has 10 heteroatoms. The van der Waals surface area contributed by atoms with Crippen LogP contribution in [0.3, 0.4) is 0 Å². The SMILES string of the molecule is O=C(COC(=O)CNC(=O)c1sc2ccccc2c1Cl)NCCc1ccc2c(c1)OCCO2. The van der Waals surface area contributed by atoms with Crippen LogP contribution in [0, 0.1) is 0 Å². The summed E-state index contributed by atoms with van der Waals surface area (Å²) in [7, 11) is 0. The number of carbonyl (C=O) groups excluding carboxylic acids is 3. The second kappa shape index (κ2) is 10.5. The van der Waals surface area contributed by atoms with Crippen LogP contribution in [-0.4, -0.2) is 50.7 Å². The molecule has 1 aromatic heterocycles. The molecule has 172 valence electrons. The number of fused-ring (bicyclic) bond motifs is 2. The van der Waals surface area contributed by atoms with Crippen molar-refractivity contribution in [3.63, 3.8) is 0 Å². The molecule has 0 fully saturated rings. The summed E-state index contributed by atoms with van der Waals surface area (Å²) in [5.41, 5.74) is 0.985. The number of thiophene rings is 1. The molecule has 1 aliphatic heterocycles. The number of esters is 1. The van der Waals surface area contributed by atoms with Gasteiger partial charge in [-0.25, -0.2) is 0 Å². The average molecular weight is 489 g/mol. The number of halogens is 1. The molecule has 1 aliphatic rings. The molecule has 0 bridgehead atoms. The Kier molecular flexibility index (Phi) is 7.31. The summed E-state index contributed by atoms with van der Waals surface area (Å²) in [5, 5.41) is 6.29. The summed E-state index contributed by atoms with van der Waals surface area (Å²) < 4.78 is 16.8. The van der Waals surface area contributed by atoms with Crippen molar-refractivity contribution in [3.05, 3.63) is 57.9 Å². The molecule has 2 heterocycles. The molecule has 0 atom stereocenters. The molecule has 2 amide bonds. The highest BCUT2D eigenvalue weighted by Gasteiger charge is 2.18. The number of hydrogen-bond acceptors (Lipinski definition) is 7. The zero-order valence-corrected chi connectivity index (χ0v) is 19.1. The van der Waals surface area contributed by atoms with Gasteiger partial charge in [0.2, 0.25) is 0 Å². The second-order valence-electron chi connectivity index (χ2n) is 7.16. The number of amides is 2. The molecule has 0 spiro atoms. The Morgan fingerprint density at radius 3 is 2.64 bits per heavy atom. The predicted molar refractivity (Wildman–Crippen MR) is 124 cm³/mol. The van der Waals surface area contributed by atoms with Crippen LogP contribution in [0.25, 0.3) is 10.1 Å². The van der Waals surface area contributed by atoms with Gasteiger partial charge in [0, 0.05) is 16.6 Å². The molecule has 0 saturated carbocycles. The van der Waals surface area contributed by atoms with E-state index in [0.717, 1.165) is 15.6 Å². The highest BCUT2D eigenvalue weighted by molar-refractivity contribution is 7.21. The van der Waals surface area contributed by atoms with Crippen LogP contribution in [0.15, 0.2) is 42.5 Å². The third kappa shape index (κ3) is 5.74. The monoisotopic (exact) mass is 488 g/mol. The minimum absolute atomic E-state index is 0.322. The normalized spacial score (nSPS) is 12.3. The van der Waals surface area contributed by atoms with Crippen LogP contribution in [0.1, 0.15) is 15.2 Å². The molecular weight excluding hydrogens is 468 g/mol. The third-order valence-corrected chi connectivity index (χ3v) is 6.52. The maximum atomic E-state index is 12.4. The maximum Gasteiger partial charge on any atom is 0.325 e. The Morgan fingerprint density at radius 2 is 1.82 bits per heavy atom. The fourth-order valence-electron chi connectivity index (χ4n) is 3.23. The van der Waals surface area contributed by atoms with Crippen molar-refractivity contribution in [2.45, 2.75) is 6.42 Å². The predicted octanol–water partition coefficient (Wildman–Crippen LogP) is 2.96. The topological polar surface area (TPSA) is 103 Å². The number of ether oxygens (including phenoxy) is 3. The van der Waals surface area contributed by atoms with Gasteiger partial charge >= 0.3 is 5.97 Å². The van der Waals surface area contributed by atoms with Gasteiger partial charge in [-0.05, 0) is 30.2 Å². The standard InChI is InChI=1S/C23H21ClN2O6S/c24-21-15-3-1-2-4-18(15)33-22(21)23(29)26-12-20(28)32-13-19(27)25-8-7-14-5-6-16-17(11-14)31-10-9-30-16/h1-6,11H,7-10,12-13H2,(H,25,27)(H,26,29). The Balaban J connectivity index is 1.16. The van der Waals surface area contributed by atoms with Crippen LogP contribution in [0.2, 0.25) is 5.02 Å². The first-order chi connectivity index (χ1) is 16.0. The summed E-state index contributed by atoms with van der Waals surface area (Å²) in [6.45, 7) is 0.615. The number of carbonyl (C=O) groups is 3. The zero-order valence-electron chi connectivity index (χ0n) is 17.5. The van der Waals surface area contributed by atoms with Gasteiger partial charge in [0.15, 0.2) is 18.1 Å². The van der Waals surface area contributed by atoms with Gasteiger partial charge < -0.3 is 24.8 Å². The summed E-state index contributed by atoms with van der Waals surface area (Å²) in [4.78, 5) is 36.5. The highest BCUT2D eigenvalue weighted by atomic mass is 35.5. The van der Waals surface area contributed by atoms with E-state index in [1.165, 1.54) is 11.3 Å². The molecule has 8 nitrogen and oxygen atoms in total. The van der Waals surface area contributed by atoms with E-state index in [1.54, 1.807) is 0 Å². The first-order valence-electron chi connectivity index (χ1n) is 10.3. The Morgan fingerprint density at radius 1 is 1.03 bits per heavy atom. The molecule has 3 aromatic rings. The molecule has 0 radical (unpaired) electrons. The average Bonchev–Trinajstić information content (AvgIpc) is 3.18. The van der Waals surface area contributed by atoms with Crippen LogP contribution < -0.4 is 20.1 Å². The van der Waals surface area contributed by atoms with E-state index in [-0.39, 0.29) is 6.54 Å². The summed E-state index contributed by atoms with van der Waals surface area (Å²) in [6, 6.07) is 13.0. The molecule has 4 rings (SSSR count). The largest absolute Gasteiger partial charge is 0.486 e. The van der Waals surface area contributed by atoms with Gasteiger partial charge in [0.05, 0.1) is 5.02 Å². The fourth-order valence-corrected chi connectivity index (χ4v) is 4.66. The summed E-state index contributed by atoms with van der Waals surface area (Å²) in [6.07, 6.45) is 0.586. The molecular formula is C23H21ClN2O6S. The van der Waals surface area contributed by atoms with E-state index in [1.807, 2.05) is 42.5 Å². The van der Waals surface area contributed by atoms with E-state index in [9.17, 15) is 14.4 Å². The van der Waals surface area contributed by atoms with Gasteiger partial charge in [0.1, 0.15) is 24.6 Å². The van der Waals surface area contributed by atoms with Gasteiger partial charge in [0.25, 0.3) is 11.8 Å². The van der Waals surface area contributed by atoms with Crippen molar-refractivity contribution in [2.75, 3.05) is 32.9 Å². The highest BCUT2D eigenvalue weighted by Crippen LogP contribution is 2.35. The molecule has 0 aliphatic carbocycles. The van der Waals surface area contributed by atoms with Crippen LogP contribution in [0.5, 0.6) is 11.5 Å². The van der Waals surface area contributed by atoms with Crippen LogP contribution in [0.4, 0.5) is 0 Å². The number of benzene rings is 2. The smallest absolute Gasteiger partial charge is 0.325 e. The lowest BCUT2D eigenvalue weighted by Gasteiger charge is -2.18. The van der Waals surface area contributed by atoms with Crippen LogP contribution in [-0.2, 0) is 20.7 Å². The molecule has 2 N–H and O–H groups in total. The zero-order chi connectivity index (χ0) is 23.2. The maximum absolute atomic E-state index is 12.4. The van der Waals surface area contributed by atoms with Gasteiger partial charge in [-0.1, -0.05) is 35.9 Å². The Labute approximate surface area is 198 Å². The molecule has 0 unspecified atom stereocenters. The van der Waals surface area contributed by atoms with Crippen molar-refractivity contribution in [2.24, 2.45) is 0 Å². The summed E-state index contributed by atoms with van der Waals surface area (Å²) in [5.74, 6) is -0.218. The van der Waals surface area contributed by atoms with Gasteiger partial charge in [-0.15, -0.1) is 11.3 Å². The number of rotatable bonds is 8. The van der Waals surface area contributed by atoms with Crippen molar-refractivity contribution >= 4 is 50.8 Å². The molecule has 0 saturated heterocycles. The number of nitrogens with one attached hydrogen (secondary N) is 2. The van der Waals surface area contributed by atoms with E-state index in [2.05, 4.69) is 10.6 Å². The van der Waals surface area contributed by atoms with Crippen molar-refractivity contribution < 1.29 is 28.6 Å². The lowest BCUT2D eigenvalue weighted by Crippen LogP contribution is -2.34. The van der Waals surface area contributed by atoms with E-state index >= 15 is 0 Å². The van der Waals surface area contributed by atoms with Crippen molar-refractivity contribution in [1.29, 1.82) is 0 Å². The molecule has 2 aromatic carbocycles. The Hall–Kier alpha value is -3.30. The van der Waals surface area contributed by atoms with E-state index < -0.39 is 24.4 Å². The lowest BCUT2D eigenvalue weighted by atomic mass is 10.1. The lowest BCUT2D eigenvalue weighted by molar-refractivity contribution is -0.147. The number of hydrogen-bond donors (Lipinski definition) is 2. The van der Waals surface area contributed by atoms with Crippen molar-refractivity contribution in [3.8, 4) is 11.5 Å². The first kappa shape index (κ1) is 22.9. The Bertz CT molecular complexity index is 1190. The van der Waals surface area contributed by atoms with Crippen LogP contribution >= 0.6 is 22.9 Å². The quantitative estimate of drug-likeness (QED) is 0.472. The third-order valence-electron chi connectivity index (χ3n) is 4.84. The molecule has 33 heavy (non-hydrogen) atoms. The first-order valence-corrected chi connectivity index (χ1v) is 11.5. The second-order valence-corrected chi connectivity index (χ2v) is 8.59. The van der Waals surface area contributed by atoms with E-state index in [0.29, 0.717) is 47.6 Å². The minimum Gasteiger partial charge on any atom is -0.486 e. The minimum atomic E-state index is -0.720. The van der Waals surface area contributed by atoms with Gasteiger partial charge in [-0.2, -0.15) is 0 Å².